The second-order valence-corrected chi connectivity index (χ2v) is 9.82. The third-order valence-electron chi connectivity index (χ3n) is 4.64. The summed E-state index contributed by atoms with van der Waals surface area (Å²) in [7, 11) is 0. The molecule has 2 heterocycles. The van der Waals surface area contributed by atoms with Crippen LogP contribution in [-0.4, -0.2) is 62.6 Å². The van der Waals surface area contributed by atoms with Crippen LogP contribution in [0.25, 0.3) is 0 Å². The molecule has 11 nitrogen and oxygen atoms in total. The fourth-order valence-electron chi connectivity index (χ4n) is 3.19. The molecule has 188 valence electrons. The predicted molar refractivity (Wildman–Crippen MR) is 123 cm³/mol. The van der Waals surface area contributed by atoms with Crippen molar-refractivity contribution in [2.45, 2.75) is 49.3 Å². The van der Waals surface area contributed by atoms with Gasteiger partial charge in [0.25, 0.3) is 5.91 Å². The number of anilines is 1. The maximum Gasteiger partial charge on any atom is 0.509 e. The summed E-state index contributed by atoms with van der Waals surface area (Å²) < 4.78 is 31.1. The van der Waals surface area contributed by atoms with Crippen molar-refractivity contribution >= 4 is 35.8 Å². The highest BCUT2D eigenvalue weighted by atomic mass is 32.2. The molecule has 1 aliphatic heterocycles. The molecule has 0 aliphatic carbocycles. The fraction of sp³-hybridized carbons (Fsp3) is 0.409. The van der Waals surface area contributed by atoms with E-state index in [-0.39, 0.29) is 5.82 Å². The number of carbonyl (C=O) groups excluding carboxylic acids is 2. The molecule has 1 amide bonds. The minimum atomic E-state index is -1.92. The monoisotopic (exact) mass is 509 g/mol. The van der Waals surface area contributed by atoms with Crippen molar-refractivity contribution in [1.82, 2.24) is 9.55 Å². The first-order valence-corrected chi connectivity index (χ1v) is 11.4. The number of thioether (sulfide) groups is 1. The zero-order valence-electron chi connectivity index (χ0n) is 19.0. The van der Waals surface area contributed by atoms with E-state index in [0.29, 0.717) is 5.56 Å². The van der Waals surface area contributed by atoms with Gasteiger partial charge in [0, 0.05) is 11.8 Å². The van der Waals surface area contributed by atoms with E-state index < -0.39 is 59.0 Å². The second-order valence-electron chi connectivity index (χ2n) is 8.46. The molecule has 1 fully saturated rings. The lowest BCUT2D eigenvalue weighted by molar-refractivity contribution is -0.0470. The summed E-state index contributed by atoms with van der Waals surface area (Å²) in [4.78, 5) is 51.7. The zero-order valence-corrected chi connectivity index (χ0v) is 19.9. The number of hydrogen-bond donors (Lipinski definition) is 2. The van der Waals surface area contributed by atoms with Gasteiger partial charge in [-0.05, 0) is 39.0 Å². The summed E-state index contributed by atoms with van der Waals surface area (Å²) in [6.45, 7) is 4.31. The first-order chi connectivity index (χ1) is 16.4. The minimum Gasteiger partial charge on any atom is -0.450 e. The Bertz CT molecular complexity index is 1140. The summed E-state index contributed by atoms with van der Waals surface area (Å²) in [5.41, 5.74) is -1.41. The van der Waals surface area contributed by atoms with Crippen LogP contribution in [0.15, 0.2) is 47.4 Å². The summed E-state index contributed by atoms with van der Waals surface area (Å²) in [5.74, 6) is -0.517. The summed E-state index contributed by atoms with van der Waals surface area (Å²) >= 11 is 0.852. The maximum absolute atomic E-state index is 15.4. The van der Waals surface area contributed by atoms with Crippen LogP contribution in [0.5, 0.6) is 0 Å². The number of carboxylic acid groups (broad SMARTS) is 1. The highest BCUT2D eigenvalue weighted by molar-refractivity contribution is 8.00. The zero-order chi connectivity index (χ0) is 25.8. The van der Waals surface area contributed by atoms with Crippen LogP contribution < -0.4 is 11.0 Å². The van der Waals surface area contributed by atoms with Crippen molar-refractivity contribution in [3.63, 3.8) is 0 Å². The van der Waals surface area contributed by atoms with Crippen LogP contribution in [-0.2, 0) is 14.2 Å². The summed E-state index contributed by atoms with van der Waals surface area (Å²) in [6, 6.07) is 9.60. The minimum absolute atomic E-state index is 0.0363. The number of amides is 1. The second kappa shape index (κ2) is 10.8. The molecule has 35 heavy (non-hydrogen) atoms. The molecule has 0 unspecified atom stereocenters. The first-order valence-electron chi connectivity index (χ1n) is 10.4. The Hall–Kier alpha value is -3.61. The lowest BCUT2D eigenvalue weighted by Crippen LogP contribution is -2.39. The number of hydrogen-bond acceptors (Lipinski definition) is 9. The Morgan fingerprint density at radius 2 is 1.89 bits per heavy atom. The first kappa shape index (κ1) is 26.0. The van der Waals surface area contributed by atoms with Crippen molar-refractivity contribution in [2.24, 2.45) is 0 Å². The normalized spacial score (nSPS) is 21.7. The van der Waals surface area contributed by atoms with Crippen LogP contribution in [0.3, 0.4) is 0 Å². The van der Waals surface area contributed by atoms with Gasteiger partial charge in [0.2, 0.25) is 0 Å². The van der Waals surface area contributed by atoms with Gasteiger partial charge in [0.05, 0.1) is 5.25 Å². The Kier molecular flexibility index (Phi) is 7.99. The summed E-state index contributed by atoms with van der Waals surface area (Å²) in [6.07, 6.45) is -4.86. The van der Waals surface area contributed by atoms with Gasteiger partial charge >= 0.3 is 18.0 Å². The standard InChI is InChI=1S/C22H24FN3O8S/c1-22(2,3)34-21(31)33-16-13(11-32-20(29)30)35-18(15(16)23)26-10-9-14(25-19(26)28)24-17(27)12-7-5-4-6-8-12/h4-10,13,15-16,18H,11H2,1-3H3,(H,29,30)(H,24,25,27,28)/t13-,15+,16-,18-/m1/s1. The molecule has 3 rings (SSSR count). The molecule has 0 radical (unpaired) electrons. The lowest BCUT2D eigenvalue weighted by Gasteiger charge is -2.24. The largest absolute Gasteiger partial charge is 0.509 e. The molecule has 1 aliphatic rings. The fourth-order valence-corrected chi connectivity index (χ4v) is 4.65. The topological polar surface area (TPSA) is 146 Å². The number of halogens is 1. The Morgan fingerprint density at radius 1 is 1.20 bits per heavy atom. The smallest absolute Gasteiger partial charge is 0.450 e. The van der Waals surface area contributed by atoms with E-state index >= 15 is 4.39 Å². The van der Waals surface area contributed by atoms with Crippen molar-refractivity contribution < 1.29 is 38.1 Å². The molecule has 0 bridgehead atoms. The van der Waals surface area contributed by atoms with Crippen molar-refractivity contribution in [3.05, 3.63) is 58.6 Å². The number of nitrogens with zero attached hydrogens (tertiary/aromatic N) is 2. The molecule has 1 aromatic carbocycles. The molecule has 1 saturated heterocycles. The van der Waals surface area contributed by atoms with Gasteiger partial charge in [-0.3, -0.25) is 9.36 Å². The van der Waals surface area contributed by atoms with E-state index in [1.807, 2.05) is 0 Å². The van der Waals surface area contributed by atoms with Gasteiger partial charge in [-0.15, -0.1) is 11.8 Å². The number of alkyl halides is 1. The third kappa shape index (κ3) is 6.94. The van der Waals surface area contributed by atoms with Gasteiger partial charge in [0.1, 0.15) is 23.4 Å². The van der Waals surface area contributed by atoms with Crippen LogP contribution in [0, 0.1) is 0 Å². The van der Waals surface area contributed by atoms with E-state index in [9.17, 15) is 19.2 Å². The Balaban J connectivity index is 1.78. The average molecular weight is 510 g/mol. The van der Waals surface area contributed by atoms with Crippen LogP contribution in [0.4, 0.5) is 19.8 Å². The molecule has 0 spiro atoms. The predicted octanol–water partition coefficient (Wildman–Crippen LogP) is 3.46. The molecule has 1 aromatic heterocycles. The van der Waals surface area contributed by atoms with Gasteiger partial charge in [-0.25, -0.2) is 18.8 Å². The third-order valence-corrected chi connectivity index (χ3v) is 6.16. The molecular formula is C22H24FN3O8S. The molecular weight excluding hydrogens is 485 g/mol. The Morgan fingerprint density at radius 3 is 2.49 bits per heavy atom. The number of carbonyl (C=O) groups is 3. The van der Waals surface area contributed by atoms with Crippen molar-refractivity contribution in [2.75, 3.05) is 11.9 Å². The summed E-state index contributed by atoms with van der Waals surface area (Å²) in [5, 5.41) is 9.15. The maximum atomic E-state index is 15.4. The lowest BCUT2D eigenvalue weighted by atomic mass is 10.1. The Labute approximate surface area is 203 Å². The van der Waals surface area contributed by atoms with Crippen molar-refractivity contribution in [1.29, 1.82) is 0 Å². The number of aromatic nitrogens is 2. The van der Waals surface area contributed by atoms with E-state index in [4.69, 9.17) is 14.6 Å². The quantitative estimate of drug-likeness (QED) is 0.555. The van der Waals surface area contributed by atoms with E-state index in [0.717, 1.165) is 16.3 Å². The molecule has 0 saturated carbocycles. The number of benzene rings is 1. The van der Waals surface area contributed by atoms with Gasteiger partial charge in [0.15, 0.2) is 12.3 Å². The van der Waals surface area contributed by atoms with Crippen LogP contribution >= 0.6 is 11.8 Å². The van der Waals surface area contributed by atoms with Gasteiger partial charge < -0.3 is 24.6 Å². The molecule has 2 N–H and O–H groups in total. The molecule has 2 aromatic rings. The SMILES string of the molecule is CC(C)(C)OC(=O)O[C@H]1[C@H](F)[C@H](n2ccc(NC(=O)c3ccccc3)nc2=O)S[C@@H]1COC(=O)O. The van der Waals surface area contributed by atoms with E-state index in [1.54, 1.807) is 51.1 Å². The molecule has 13 heteroatoms. The van der Waals surface area contributed by atoms with Crippen LogP contribution in [0.2, 0.25) is 0 Å². The highest BCUT2D eigenvalue weighted by Gasteiger charge is 2.49. The van der Waals surface area contributed by atoms with E-state index in [1.165, 1.54) is 12.3 Å². The number of ether oxygens (including phenoxy) is 3. The average Bonchev–Trinajstić information content (AvgIpc) is 3.07. The highest BCUT2D eigenvalue weighted by Crippen LogP contribution is 2.44. The number of nitrogens with one attached hydrogen (secondary N) is 1. The van der Waals surface area contributed by atoms with E-state index in [2.05, 4.69) is 15.0 Å². The van der Waals surface area contributed by atoms with Crippen LogP contribution in [0.1, 0.15) is 36.5 Å². The van der Waals surface area contributed by atoms with Gasteiger partial charge in [-0.2, -0.15) is 4.98 Å². The van der Waals surface area contributed by atoms with Crippen molar-refractivity contribution in [3.8, 4) is 0 Å². The number of rotatable bonds is 6. The molecule has 4 atom stereocenters. The van der Waals surface area contributed by atoms with Gasteiger partial charge in [-0.1, -0.05) is 18.2 Å².